The van der Waals surface area contributed by atoms with Gasteiger partial charge >= 0.3 is 5.38 Å². The molecular formula is HBBrO3S. The Bertz CT molecular complexity index is 113. The average molecular weight is 172 g/mol. The SMILES string of the molecule is O=S(=O)(O)[B]Br. The van der Waals surface area contributed by atoms with Gasteiger partial charge in [0.25, 0.3) is 0 Å². The summed E-state index contributed by atoms with van der Waals surface area (Å²) >= 11 is 2.41. The molecule has 0 aliphatic heterocycles. The Labute approximate surface area is 44.6 Å². The molecule has 0 aliphatic carbocycles. The minimum atomic E-state index is -3.87. The van der Waals surface area contributed by atoms with Crippen LogP contribution in [0.3, 0.4) is 0 Å². The van der Waals surface area contributed by atoms with Gasteiger partial charge in [-0.15, -0.1) is 15.8 Å². The third kappa shape index (κ3) is 4.45. The lowest BCUT2D eigenvalue weighted by molar-refractivity contribution is 0.501. The van der Waals surface area contributed by atoms with E-state index in [0.717, 1.165) is 0 Å². The van der Waals surface area contributed by atoms with Crippen molar-refractivity contribution in [3.8, 4) is 0 Å². The van der Waals surface area contributed by atoms with Gasteiger partial charge in [0.1, 0.15) is 0 Å². The second kappa shape index (κ2) is 1.95. The van der Waals surface area contributed by atoms with Crippen LogP contribution in [0.2, 0.25) is 0 Å². The predicted molar refractivity (Wildman–Crippen MR) is 26.2 cm³/mol. The van der Waals surface area contributed by atoms with Crippen LogP contribution >= 0.6 is 15.8 Å². The molecule has 35 valence electrons. The van der Waals surface area contributed by atoms with E-state index in [1.165, 1.54) is 0 Å². The molecule has 0 saturated heterocycles. The maximum atomic E-state index is 9.45. The van der Waals surface area contributed by atoms with Gasteiger partial charge in [-0.1, -0.05) is 0 Å². The van der Waals surface area contributed by atoms with Crippen LogP contribution in [0.4, 0.5) is 0 Å². The third-order valence-corrected chi connectivity index (χ3v) is 1.75. The van der Waals surface area contributed by atoms with Crippen LogP contribution in [-0.4, -0.2) is 18.4 Å². The summed E-state index contributed by atoms with van der Waals surface area (Å²) in [5.41, 5.74) is 0. The highest BCUT2D eigenvalue weighted by atomic mass is 79.9. The molecule has 0 heterocycles. The van der Waals surface area contributed by atoms with E-state index in [1.54, 1.807) is 0 Å². The highest BCUT2D eigenvalue weighted by molar-refractivity contribution is 9.27. The molecule has 0 aromatic heterocycles. The lowest BCUT2D eigenvalue weighted by Gasteiger charge is -1.76. The lowest BCUT2D eigenvalue weighted by Crippen LogP contribution is -1.99. The molecule has 0 spiro atoms. The number of hydrogen-bond acceptors (Lipinski definition) is 2. The van der Waals surface area contributed by atoms with Gasteiger partial charge in [-0.25, -0.2) is 8.42 Å². The van der Waals surface area contributed by atoms with Gasteiger partial charge in [0.15, 0.2) is 0 Å². The molecule has 6 heavy (non-hydrogen) atoms. The number of hydrogen-bond donors (Lipinski definition) is 1. The van der Waals surface area contributed by atoms with Crippen LogP contribution < -0.4 is 0 Å². The summed E-state index contributed by atoms with van der Waals surface area (Å²) in [4.78, 5) is 0. The van der Waals surface area contributed by atoms with E-state index < -0.39 is 9.97 Å². The van der Waals surface area contributed by atoms with Gasteiger partial charge < -0.3 is 0 Å². The Morgan fingerprint density at radius 2 is 1.83 bits per heavy atom. The van der Waals surface area contributed by atoms with Crippen molar-refractivity contribution in [3.63, 3.8) is 0 Å². The van der Waals surface area contributed by atoms with Crippen molar-refractivity contribution in [3.05, 3.63) is 0 Å². The van der Waals surface area contributed by atoms with Crippen molar-refractivity contribution >= 4 is 31.1 Å². The van der Waals surface area contributed by atoms with E-state index in [9.17, 15) is 8.42 Å². The number of halogens is 1. The summed E-state index contributed by atoms with van der Waals surface area (Å²) in [5, 5.41) is 0.528. The molecule has 0 bridgehead atoms. The van der Waals surface area contributed by atoms with Gasteiger partial charge in [0.05, 0.1) is 0 Å². The first-order chi connectivity index (χ1) is 2.56. The van der Waals surface area contributed by atoms with Gasteiger partial charge in [-0.05, 0) is 0 Å². The molecule has 0 aliphatic rings. The fourth-order valence-corrected chi connectivity index (χ4v) is 0. The fourth-order valence-electron chi connectivity index (χ4n) is 0. The first-order valence-electron chi connectivity index (χ1n) is 0.970. The smallest absolute Gasteiger partial charge is 0.294 e. The largest absolute Gasteiger partial charge is 0.404 e. The maximum absolute atomic E-state index is 9.45. The van der Waals surface area contributed by atoms with Crippen molar-refractivity contribution in [1.82, 2.24) is 0 Å². The molecule has 0 unspecified atom stereocenters. The zero-order chi connectivity index (χ0) is 5.21. The summed E-state index contributed by atoms with van der Waals surface area (Å²) in [6.07, 6.45) is 0. The van der Waals surface area contributed by atoms with Crippen molar-refractivity contribution in [2.45, 2.75) is 0 Å². The summed E-state index contributed by atoms with van der Waals surface area (Å²) in [6, 6.07) is 0. The molecule has 0 atom stereocenters. The molecular weight excluding hydrogens is 171 g/mol. The van der Waals surface area contributed by atoms with Crippen molar-refractivity contribution in [2.75, 3.05) is 0 Å². The monoisotopic (exact) mass is 171 g/mol. The highest BCUT2D eigenvalue weighted by Gasteiger charge is 2.00. The van der Waals surface area contributed by atoms with Gasteiger partial charge in [-0.2, -0.15) is 0 Å². The van der Waals surface area contributed by atoms with Crippen LogP contribution in [0.25, 0.3) is 0 Å². The summed E-state index contributed by atoms with van der Waals surface area (Å²) in [6.45, 7) is 0. The Hall–Kier alpha value is 0.455. The standard InChI is InChI=1S/BBrHO3S/c2-1-6(3,4)5/h(H,3,4,5). The van der Waals surface area contributed by atoms with Crippen LogP contribution in [0.15, 0.2) is 0 Å². The van der Waals surface area contributed by atoms with Crippen molar-refractivity contribution in [1.29, 1.82) is 0 Å². The maximum Gasteiger partial charge on any atom is 0.404 e. The van der Waals surface area contributed by atoms with E-state index in [2.05, 4.69) is 15.8 Å². The Morgan fingerprint density at radius 3 is 1.83 bits per heavy atom. The minimum absolute atomic E-state index is 0.528. The third-order valence-electron chi connectivity index (χ3n) is 0.113. The zero-order valence-electron chi connectivity index (χ0n) is 2.63. The quantitative estimate of drug-likeness (QED) is 0.440. The van der Waals surface area contributed by atoms with Gasteiger partial charge in [0, 0.05) is 0 Å². The molecule has 1 N–H and O–H groups in total. The molecule has 0 saturated carbocycles. The molecule has 6 heteroatoms. The Morgan fingerprint density at radius 1 is 1.67 bits per heavy atom. The van der Waals surface area contributed by atoms with E-state index in [-0.39, 0.29) is 0 Å². The predicted octanol–water partition coefficient (Wildman–Crippen LogP) is -0.197. The highest BCUT2D eigenvalue weighted by Crippen LogP contribution is 1.81. The summed E-state index contributed by atoms with van der Waals surface area (Å²) < 4.78 is 26.6. The molecule has 3 nitrogen and oxygen atoms in total. The van der Waals surface area contributed by atoms with Crippen molar-refractivity contribution < 1.29 is 13.0 Å². The second-order valence-corrected chi connectivity index (χ2v) is 2.93. The molecule has 0 aromatic carbocycles. The molecule has 0 fully saturated rings. The Kier molecular flexibility index (Phi) is 2.10. The fraction of sp³-hybridized carbons (Fsp3) is 0. The van der Waals surface area contributed by atoms with Crippen LogP contribution in [-0.2, 0) is 9.97 Å². The Balaban J connectivity index is 3.85. The number of rotatable bonds is 1. The van der Waals surface area contributed by atoms with E-state index in [0.29, 0.717) is 5.38 Å². The summed E-state index contributed by atoms with van der Waals surface area (Å²) in [5.74, 6) is 0. The molecule has 0 rings (SSSR count). The van der Waals surface area contributed by atoms with E-state index in [1.807, 2.05) is 0 Å². The van der Waals surface area contributed by atoms with Crippen LogP contribution in [0.5, 0.6) is 0 Å². The topological polar surface area (TPSA) is 54.4 Å². The normalized spacial score (nSPS) is 11.0. The molecule has 0 aromatic rings. The van der Waals surface area contributed by atoms with Gasteiger partial charge in [0.2, 0.25) is 9.97 Å². The van der Waals surface area contributed by atoms with E-state index in [4.69, 9.17) is 4.55 Å². The summed E-state index contributed by atoms with van der Waals surface area (Å²) in [7, 11) is -3.87. The van der Waals surface area contributed by atoms with Crippen LogP contribution in [0.1, 0.15) is 0 Å². The van der Waals surface area contributed by atoms with Crippen LogP contribution in [0, 0.1) is 0 Å². The lowest BCUT2D eigenvalue weighted by atomic mass is 10.7. The van der Waals surface area contributed by atoms with Gasteiger partial charge in [-0.3, -0.25) is 4.55 Å². The second-order valence-electron chi connectivity index (χ2n) is 0.604. The van der Waals surface area contributed by atoms with E-state index >= 15 is 0 Å². The molecule has 0 amide bonds. The molecule has 1 radical (unpaired) electrons. The first kappa shape index (κ1) is 6.45. The van der Waals surface area contributed by atoms with Crippen molar-refractivity contribution in [2.24, 2.45) is 0 Å². The first-order valence-corrected chi connectivity index (χ1v) is 3.39. The average Bonchev–Trinajstić information content (AvgIpc) is 1.35. The minimum Gasteiger partial charge on any atom is -0.294 e. The zero-order valence-corrected chi connectivity index (χ0v) is 5.03.